The van der Waals surface area contributed by atoms with Crippen LogP contribution < -0.4 is 5.32 Å². The van der Waals surface area contributed by atoms with Gasteiger partial charge < -0.3 is 5.32 Å². The van der Waals surface area contributed by atoms with E-state index < -0.39 is 16.7 Å². The van der Waals surface area contributed by atoms with E-state index in [1.54, 1.807) is 19.1 Å². The smallest absolute Gasteiger partial charge is 0.381 e. The van der Waals surface area contributed by atoms with Gasteiger partial charge >= 0.3 is 6.18 Å². The Hall–Kier alpha value is -2.57. The second-order valence-corrected chi connectivity index (χ2v) is 4.81. The van der Waals surface area contributed by atoms with Gasteiger partial charge in [0.25, 0.3) is 5.69 Å². The maximum Gasteiger partial charge on any atom is 0.416 e. The van der Waals surface area contributed by atoms with Crippen LogP contribution in [0.2, 0.25) is 0 Å². The highest BCUT2D eigenvalue weighted by Crippen LogP contribution is 2.29. The van der Waals surface area contributed by atoms with Crippen LogP contribution in [0.15, 0.2) is 42.5 Å². The Labute approximate surface area is 124 Å². The third-order valence-corrected chi connectivity index (χ3v) is 3.14. The van der Waals surface area contributed by atoms with Gasteiger partial charge in [-0.1, -0.05) is 12.1 Å². The van der Waals surface area contributed by atoms with E-state index in [9.17, 15) is 23.3 Å². The van der Waals surface area contributed by atoms with Crippen LogP contribution in [0.3, 0.4) is 0 Å². The summed E-state index contributed by atoms with van der Waals surface area (Å²) in [7, 11) is 0. The molecule has 1 N–H and O–H groups in total. The Balaban J connectivity index is 2.10. The summed E-state index contributed by atoms with van der Waals surface area (Å²) in [6.07, 6.45) is -4.38. The van der Waals surface area contributed by atoms with Crippen molar-refractivity contribution in [3.8, 4) is 0 Å². The third kappa shape index (κ3) is 3.75. The normalized spacial score (nSPS) is 11.3. The number of nitrogens with one attached hydrogen (secondary N) is 1. The van der Waals surface area contributed by atoms with Gasteiger partial charge in [-0.05, 0) is 36.8 Å². The molecule has 0 saturated carbocycles. The van der Waals surface area contributed by atoms with E-state index in [0.29, 0.717) is 16.8 Å². The van der Waals surface area contributed by atoms with E-state index in [-0.39, 0.29) is 12.2 Å². The Morgan fingerprint density at radius 2 is 1.91 bits per heavy atom. The van der Waals surface area contributed by atoms with E-state index in [2.05, 4.69) is 5.32 Å². The van der Waals surface area contributed by atoms with Gasteiger partial charge in [-0.3, -0.25) is 10.1 Å². The first-order valence-electron chi connectivity index (χ1n) is 6.42. The minimum absolute atomic E-state index is 0.00428. The molecule has 0 fully saturated rings. The standard InChI is InChI=1S/C15H13F3N2O2/c1-10-7-13(5-6-14(10)20(21)22)19-9-11-3-2-4-12(8-11)15(16,17)18/h2-8,19H,9H2,1H3. The molecule has 0 aliphatic carbocycles. The topological polar surface area (TPSA) is 55.2 Å². The maximum atomic E-state index is 12.6. The molecule has 2 rings (SSSR count). The summed E-state index contributed by atoms with van der Waals surface area (Å²) in [6.45, 7) is 1.80. The number of hydrogen-bond donors (Lipinski definition) is 1. The summed E-state index contributed by atoms with van der Waals surface area (Å²) in [4.78, 5) is 10.2. The SMILES string of the molecule is Cc1cc(NCc2cccc(C(F)(F)F)c2)ccc1[N+](=O)[O-]. The lowest BCUT2D eigenvalue weighted by Crippen LogP contribution is -2.07. The van der Waals surface area contributed by atoms with E-state index >= 15 is 0 Å². The zero-order valence-corrected chi connectivity index (χ0v) is 11.6. The van der Waals surface area contributed by atoms with Crippen LogP contribution in [0.4, 0.5) is 24.5 Å². The lowest BCUT2D eigenvalue weighted by molar-refractivity contribution is -0.385. The van der Waals surface area contributed by atoms with Crippen LogP contribution in [0.1, 0.15) is 16.7 Å². The molecule has 22 heavy (non-hydrogen) atoms. The first-order valence-corrected chi connectivity index (χ1v) is 6.42. The van der Waals surface area contributed by atoms with Gasteiger partial charge in [0, 0.05) is 23.9 Å². The molecule has 2 aromatic carbocycles. The molecule has 0 atom stereocenters. The second-order valence-electron chi connectivity index (χ2n) is 4.81. The van der Waals surface area contributed by atoms with Crippen LogP contribution in [-0.2, 0) is 12.7 Å². The number of alkyl halides is 3. The minimum Gasteiger partial charge on any atom is -0.381 e. The average molecular weight is 310 g/mol. The molecule has 0 saturated heterocycles. The highest BCUT2D eigenvalue weighted by atomic mass is 19.4. The molecule has 2 aromatic rings. The van der Waals surface area contributed by atoms with Gasteiger partial charge in [0.2, 0.25) is 0 Å². The molecular weight excluding hydrogens is 297 g/mol. The predicted molar refractivity (Wildman–Crippen MR) is 76.6 cm³/mol. The summed E-state index contributed by atoms with van der Waals surface area (Å²) in [5.41, 5.74) is 0.877. The molecule has 7 heteroatoms. The Morgan fingerprint density at radius 1 is 1.18 bits per heavy atom. The molecule has 0 amide bonds. The number of nitro groups is 1. The minimum atomic E-state index is -4.38. The number of halogens is 3. The van der Waals surface area contributed by atoms with Crippen molar-refractivity contribution in [3.05, 3.63) is 69.3 Å². The molecular formula is C15H13F3N2O2. The molecule has 0 aliphatic rings. The summed E-state index contributed by atoms with van der Waals surface area (Å²) in [6, 6.07) is 9.50. The number of rotatable bonds is 4. The van der Waals surface area contributed by atoms with Gasteiger partial charge in [-0.15, -0.1) is 0 Å². The van der Waals surface area contributed by atoms with Crippen LogP contribution >= 0.6 is 0 Å². The molecule has 0 spiro atoms. The van der Waals surface area contributed by atoms with Crippen LogP contribution in [0.5, 0.6) is 0 Å². The fourth-order valence-corrected chi connectivity index (χ4v) is 2.03. The van der Waals surface area contributed by atoms with E-state index in [1.165, 1.54) is 18.2 Å². The summed E-state index contributed by atoms with van der Waals surface area (Å²) in [5.74, 6) is 0. The Morgan fingerprint density at radius 3 is 2.50 bits per heavy atom. The Kier molecular flexibility index (Phi) is 4.35. The van der Waals surface area contributed by atoms with E-state index in [1.807, 2.05) is 0 Å². The van der Waals surface area contributed by atoms with Crippen molar-refractivity contribution in [2.24, 2.45) is 0 Å². The average Bonchev–Trinajstić information content (AvgIpc) is 2.44. The molecule has 4 nitrogen and oxygen atoms in total. The summed E-state index contributed by atoms with van der Waals surface area (Å²) >= 11 is 0. The first kappa shape index (κ1) is 15.8. The van der Waals surface area contributed by atoms with Gasteiger partial charge in [0.1, 0.15) is 0 Å². The highest BCUT2D eigenvalue weighted by Gasteiger charge is 2.30. The quantitative estimate of drug-likeness (QED) is 0.666. The van der Waals surface area contributed by atoms with Gasteiger partial charge in [-0.25, -0.2) is 0 Å². The number of aryl methyl sites for hydroxylation is 1. The maximum absolute atomic E-state index is 12.6. The van der Waals surface area contributed by atoms with Gasteiger partial charge in [0.15, 0.2) is 0 Å². The molecule has 0 aliphatic heterocycles. The van der Waals surface area contributed by atoms with Crippen molar-refractivity contribution in [2.45, 2.75) is 19.6 Å². The Bertz CT molecular complexity index is 699. The first-order chi connectivity index (χ1) is 10.3. The lowest BCUT2D eigenvalue weighted by Gasteiger charge is -2.10. The summed E-state index contributed by atoms with van der Waals surface area (Å²) in [5, 5.41) is 13.7. The number of anilines is 1. The molecule has 0 bridgehead atoms. The van der Waals surface area contributed by atoms with Crippen LogP contribution in [-0.4, -0.2) is 4.92 Å². The molecule has 0 radical (unpaired) electrons. The fraction of sp³-hybridized carbons (Fsp3) is 0.200. The number of benzene rings is 2. The zero-order chi connectivity index (χ0) is 16.3. The summed E-state index contributed by atoms with van der Waals surface area (Å²) < 4.78 is 37.9. The molecule has 116 valence electrons. The number of nitrogens with zero attached hydrogens (tertiary/aromatic N) is 1. The van der Waals surface area contributed by atoms with E-state index in [0.717, 1.165) is 12.1 Å². The second kappa shape index (κ2) is 6.05. The van der Waals surface area contributed by atoms with E-state index in [4.69, 9.17) is 0 Å². The number of nitro benzene ring substituents is 1. The lowest BCUT2D eigenvalue weighted by atomic mass is 10.1. The van der Waals surface area contributed by atoms with Crippen molar-refractivity contribution in [3.63, 3.8) is 0 Å². The van der Waals surface area contributed by atoms with Crippen LogP contribution in [0.25, 0.3) is 0 Å². The molecule has 0 aromatic heterocycles. The van der Waals surface area contributed by atoms with Crippen molar-refractivity contribution >= 4 is 11.4 Å². The van der Waals surface area contributed by atoms with Crippen molar-refractivity contribution < 1.29 is 18.1 Å². The highest BCUT2D eigenvalue weighted by molar-refractivity contribution is 5.53. The molecule has 0 unspecified atom stereocenters. The monoisotopic (exact) mass is 310 g/mol. The number of hydrogen-bond acceptors (Lipinski definition) is 3. The van der Waals surface area contributed by atoms with Gasteiger partial charge in [-0.2, -0.15) is 13.2 Å². The fourth-order valence-electron chi connectivity index (χ4n) is 2.03. The van der Waals surface area contributed by atoms with Crippen molar-refractivity contribution in [1.29, 1.82) is 0 Å². The van der Waals surface area contributed by atoms with Gasteiger partial charge in [0.05, 0.1) is 10.5 Å². The largest absolute Gasteiger partial charge is 0.416 e. The van der Waals surface area contributed by atoms with Crippen molar-refractivity contribution in [2.75, 3.05) is 5.32 Å². The third-order valence-electron chi connectivity index (χ3n) is 3.14. The predicted octanol–water partition coefficient (Wildman–Crippen LogP) is 4.53. The van der Waals surface area contributed by atoms with Crippen molar-refractivity contribution in [1.82, 2.24) is 0 Å². The van der Waals surface area contributed by atoms with Crippen LogP contribution in [0, 0.1) is 17.0 Å². The zero-order valence-electron chi connectivity index (χ0n) is 11.6. The molecule has 0 heterocycles.